The van der Waals surface area contributed by atoms with Crippen LogP contribution < -0.4 is 5.32 Å². The first kappa shape index (κ1) is 15.0. The van der Waals surface area contributed by atoms with Gasteiger partial charge in [-0.3, -0.25) is 0 Å². The van der Waals surface area contributed by atoms with Crippen LogP contribution in [-0.4, -0.2) is 32.8 Å². The van der Waals surface area contributed by atoms with Crippen LogP contribution >= 0.6 is 15.9 Å². The van der Waals surface area contributed by atoms with Gasteiger partial charge in [-0.05, 0) is 42.4 Å². The maximum Gasteiger partial charge on any atom is 0.331 e. The molecule has 1 aliphatic heterocycles. The Hall–Kier alpha value is -0.910. The molecule has 0 aromatic heterocycles. The van der Waals surface area contributed by atoms with Crippen LogP contribution in [0.15, 0.2) is 28.7 Å². The van der Waals surface area contributed by atoms with Crippen molar-refractivity contribution < 1.29 is 14.3 Å². The van der Waals surface area contributed by atoms with Crippen molar-refractivity contribution in [2.24, 2.45) is 5.41 Å². The lowest BCUT2D eigenvalue weighted by Gasteiger charge is -2.41. The smallest absolute Gasteiger partial charge is 0.331 e. The molecule has 0 radical (unpaired) electrons. The molecular weight excluding hydrogens is 334 g/mol. The highest BCUT2D eigenvalue weighted by atomic mass is 79.9. The average Bonchev–Trinajstić information content (AvgIpc) is 2.87. The van der Waals surface area contributed by atoms with Crippen molar-refractivity contribution in [3.8, 4) is 0 Å². The van der Waals surface area contributed by atoms with E-state index in [0.717, 1.165) is 42.4 Å². The van der Waals surface area contributed by atoms with Gasteiger partial charge in [0.05, 0.1) is 12.7 Å². The standard InChI is InChI=1S/C16H20BrNO3/c1-20-14(19)8-21-16(12-2-4-13(17)5-3-12)7-6-15(9-16)10-18-11-15/h2-5,18H,6-11H2,1H3. The Kier molecular flexibility index (Phi) is 4.08. The van der Waals surface area contributed by atoms with Crippen molar-refractivity contribution in [2.45, 2.75) is 24.9 Å². The first-order valence-corrected chi connectivity index (χ1v) is 8.04. The normalized spacial score (nSPS) is 26.6. The number of esters is 1. The Labute approximate surface area is 133 Å². The van der Waals surface area contributed by atoms with Gasteiger partial charge in [0, 0.05) is 17.6 Å². The number of hydrogen-bond donors (Lipinski definition) is 1. The summed E-state index contributed by atoms with van der Waals surface area (Å²) in [4.78, 5) is 11.5. The minimum absolute atomic E-state index is 0.00999. The van der Waals surface area contributed by atoms with Gasteiger partial charge in [-0.25, -0.2) is 4.79 Å². The molecule has 2 aliphatic rings. The monoisotopic (exact) mass is 353 g/mol. The SMILES string of the molecule is COC(=O)COC1(c2ccc(Br)cc2)CCC2(CNC2)C1. The van der Waals surface area contributed by atoms with E-state index in [4.69, 9.17) is 9.47 Å². The number of ether oxygens (including phenoxy) is 2. The Morgan fingerprint density at radius 3 is 2.52 bits per heavy atom. The molecule has 21 heavy (non-hydrogen) atoms. The first-order valence-electron chi connectivity index (χ1n) is 7.25. The summed E-state index contributed by atoms with van der Waals surface area (Å²) in [7, 11) is 1.39. The fourth-order valence-corrected chi connectivity index (χ4v) is 3.76. The van der Waals surface area contributed by atoms with Gasteiger partial charge in [0.15, 0.2) is 0 Å². The molecule has 1 aromatic rings. The second-order valence-corrected chi connectivity index (χ2v) is 7.06. The van der Waals surface area contributed by atoms with E-state index in [-0.39, 0.29) is 18.2 Å². The summed E-state index contributed by atoms with van der Waals surface area (Å²) in [6, 6.07) is 8.24. The Morgan fingerprint density at radius 1 is 1.29 bits per heavy atom. The topological polar surface area (TPSA) is 47.6 Å². The molecule has 1 heterocycles. The van der Waals surface area contributed by atoms with E-state index < -0.39 is 0 Å². The van der Waals surface area contributed by atoms with E-state index in [1.54, 1.807) is 0 Å². The molecule has 2 fully saturated rings. The van der Waals surface area contributed by atoms with Gasteiger partial charge >= 0.3 is 5.97 Å². The summed E-state index contributed by atoms with van der Waals surface area (Å²) >= 11 is 3.47. The number of rotatable bonds is 4. The van der Waals surface area contributed by atoms with Crippen LogP contribution in [0.2, 0.25) is 0 Å². The molecule has 1 saturated carbocycles. The van der Waals surface area contributed by atoms with Crippen molar-refractivity contribution in [3.05, 3.63) is 34.3 Å². The van der Waals surface area contributed by atoms with Crippen molar-refractivity contribution in [1.82, 2.24) is 5.32 Å². The predicted molar refractivity (Wildman–Crippen MR) is 82.9 cm³/mol. The van der Waals surface area contributed by atoms with Gasteiger partial charge in [0.1, 0.15) is 6.61 Å². The second-order valence-electron chi connectivity index (χ2n) is 6.15. The van der Waals surface area contributed by atoms with Crippen molar-refractivity contribution in [2.75, 3.05) is 26.8 Å². The van der Waals surface area contributed by atoms with Gasteiger partial charge in [-0.2, -0.15) is 0 Å². The number of carbonyl (C=O) groups is 1. The lowest BCUT2D eigenvalue weighted by atomic mass is 9.77. The quantitative estimate of drug-likeness (QED) is 0.845. The van der Waals surface area contributed by atoms with Crippen molar-refractivity contribution >= 4 is 21.9 Å². The first-order chi connectivity index (χ1) is 10.1. The maximum atomic E-state index is 11.5. The van der Waals surface area contributed by atoms with Crippen LogP contribution in [0.4, 0.5) is 0 Å². The number of hydrogen-bond acceptors (Lipinski definition) is 4. The Bertz CT molecular complexity index is 527. The number of halogens is 1. The number of methoxy groups -OCH3 is 1. The fourth-order valence-electron chi connectivity index (χ4n) is 3.49. The molecule has 4 nitrogen and oxygen atoms in total. The van der Waals surface area contributed by atoms with E-state index in [2.05, 4.69) is 33.4 Å². The molecule has 1 aromatic carbocycles. The van der Waals surface area contributed by atoms with Crippen LogP contribution in [0, 0.1) is 5.41 Å². The zero-order chi connectivity index (χ0) is 14.9. The third-order valence-corrected chi connectivity index (χ3v) is 5.31. The number of nitrogens with one attached hydrogen (secondary N) is 1. The molecule has 0 amide bonds. The lowest BCUT2D eigenvalue weighted by molar-refractivity contribution is -0.154. The zero-order valence-electron chi connectivity index (χ0n) is 12.2. The Morgan fingerprint density at radius 2 is 2.00 bits per heavy atom. The highest BCUT2D eigenvalue weighted by Gasteiger charge is 2.52. The van der Waals surface area contributed by atoms with Crippen molar-refractivity contribution in [3.63, 3.8) is 0 Å². The van der Waals surface area contributed by atoms with Crippen LogP contribution in [0.5, 0.6) is 0 Å². The molecule has 1 saturated heterocycles. The molecular formula is C16H20BrNO3. The minimum atomic E-state index is -0.364. The molecule has 1 spiro atoms. The molecule has 5 heteroatoms. The van der Waals surface area contributed by atoms with Crippen LogP contribution in [0.25, 0.3) is 0 Å². The molecule has 1 atom stereocenters. The second kappa shape index (κ2) is 5.71. The third-order valence-electron chi connectivity index (χ3n) is 4.78. The van der Waals surface area contributed by atoms with E-state index in [0.29, 0.717) is 5.41 Å². The molecule has 114 valence electrons. The highest BCUT2D eigenvalue weighted by molar-refractivity contribution is 9.10. The summed E-state index contributed by atoms with van der Waals surface area (Å²) in [6.45, 7) is 2.11. The molecule has 1 N–H and O–H groups in total. The minimum Gasteiger partial charge on any atom is -0.467 e. The summed E-state index contributed by atoms with van der Waals surface area (Å²) in [5.41, 5.74) is 1.12. The summed E-state index contributed by atoms with van der Waals surface area (Å²) in [6.07, 6.45) is 3.05. The van der Waals surface area contributed by atoms with Gasteiger partial charge in [0.25, 0.3) is 0 Å². The molecule has 1 unspecified atom stereocenters. The largest absolute Gasteiger partial charge is 0.467 e. The molecule has 0 bridgehead atoms. The number of carbonyl (C=O) groups excluding carboxylic acids is 1. The van der Waals surface area contributed by atoms with Crippen LogP contribution in [0.1, 0.15) is 24.8 Å². The number of benzene rings is 1. The Balaban J connectivity index is 1.84. The van der Waals surface area contributed by atoms with Gasteiger partial charge in [0.2, 0.25) is 0 Å². The van der Waals surface area contributed by atoms with Crippen LogP contribution in [0.3, 0.4) is 0 Å². The lowest BCUT2D eigenvalue weighted by Crippen LogP contribution is -2.52. The highest BCUT2D eigenvalue weighted by Crippen LogP contribution is 2.53. The summed E-state index contributed by atoms with van der Waals surface area (Å²) < 4.78 is 11.8. The molecule has 1 aliphatic carbocycles. The zero-order valence-corrected chi connectivity index (χ0v) is 13.7. The van der Waals surface area contributed by atoms with Crippen LogP contribution in [-0.2, 0) is 19.9 Å². The summed E-state index contributed by atoms with van der Waals surface area (Å²) in [5, 5.41) is 3.36. The van der Waals surface area contributed by atoms with Gasteiger partial charge in [-0.1, -0.05) is 28.1 Å². The van der Waals surface area contributed by atoms with Gasteiger partial charge < -0.3 is 14.8 Å². The van der Waals surface area contributed by atoms with E-state index in [9.17, 15) is 4.79 Å². The predicted octanol–water partition coefficient (Wildman–Crippen LogP) is 2.61. The average molecular weight is 354 g/mol. The summed E-state index contributed by atoms with van der Waals surface area (Å²) in [5.74, 6) is -0.320. The van der Waals surface area contributed by atoms with Crippen molar-refractivity contribution in [1.29, 1.82) is 0 Å². The fraction of sp³-hybridized carbons (Fsp3) is 0.562. The third kappa shape index (κ3) is 2.87. The maximum absolute atomic E-state index is 11.5. The van der Waals surface area contributed by atoms with E-state index >= 15 is 0 Å². The van der Waals surface area contributed by atoms with E-state index in [1.807, 2.05) is 12.1 Å². The van der Waals surface area contributed by atoms with Gasteiger partial charge in [-0.15, -0.1) is 0 Å². The molecule has 3 rings (SSSR count). The van der Waals surface area contributed by atoms with E-state index in [1.165, 1.54) is 7.11 Å².